The first kappa shape index (κ1) is 12.8. The molecule has 2 rings (SSSR count). The smallest absolute Gasteiger partial charge is 0.0978 e. The van der Waals surface area contributed by atoms with Crippen LogP contribution in [0.1, 0.15) is 44.4 Å². The Morgan fingerprint density at radius 1 is 1.17 bits per heavy atom. The van der Waals surface area contributed by atoms with Gasteiger partial charge in [0.1, 0.15) is 0 Å². The van der Waals surface area contributed by atoms with Crippen LogP contribution in [0.2, 0.25) is 0 Å². The molecule has 1 atom stereocenters. The molecule has 3 heteroatoms. The zero-order valence-corrected chi connectivity index (χ0v) is 10.8. The van der Waals surface area contributed by atoms with Gasteiger partial charge in [-0.3, -0.25) is 0 Å². The first-order chi connectivity index (χ1) is 8.81. The summed E-state index contributed by atoms with van der Waals surface area (Å²) in [4.78, 5) is 0. The number of aliphatic hydroxyl groups excluding tert-OH is 1. The summed E-state index contributed by atoms with van der Waals surface area (Å²) in [6.07, 6.45) is 5.63. The molecule has 1 unspecified atom stereocenters. The average Bonchev–Trinajstić information content (AvgIpc) is 2.89. The van der Waals surface area contributed by atoms with Crippen LogP contribution in [0, 0.1) is 0 Å². The van der Waals surface area contributed by atoms with Gasteiger partial charge in [0, 0.05) is 6.20 Å². The van der Waals surface area contributed by atoms with E-state index in [0.717, 1.165) is 30.6 Å². The Hall–Kier alpha value is -1.61. The maximum atomic E-state index is 10.0. The number of hydrogen-bond donors (Lipinski definition) is 1. The van der Waals surface area contributed by atoms with Crippen LogP contribution in [0.25, 0.3) is 5.69 Å². The van der Waals surface area contributed by atoms with Crippen LogP contribution < -0.4 is 0 Å². The highest BCUT2D eigenvalue weighted by Gasteiger charge is 2.10. The van der Waals surface area contributed by atoms with Gasteiger partial charge in [-0.2, -0.15) is 5.10 Å². The van der Waals surface area contributed by atoms with E-state index in [-0.39, 0.29) is 0 Å². The molecule has 0 aliphatic rings. The van der Waals surface area contributed by atoms with Gasteiger partial charge in [0.05, 0.1) is 17.5 Å². The van der Waals surface area contributed by atoms with E-state index in [4.69, 9.17) is 0 Å². The molecule has 0 spiro atoms. The molecule has 1 aromatic heterocycles. The first-order valence-corrected chi connectivity index (χ1v) is 6.60. The lowest BCUT2D eigenvalue weighted by Crippen LogP contribution is -2.01. The molecule has 1 aromatic carbocycles. The molecule has 0 aliphatic heterocycles. The summed E-state index contributed by atoms with van der Waals surface area (Å²) in [5.41, 5.74) is 1.78. The van der Waals surface area contributed by atoms with Crippen LogP contribution in [0.3, 0.4) is 0 Å². The fourth-order valence-electron chi connectivity index (χ4n) is 1.98. The molecule has 0 aliphatic carbocycles. The Labute approximate surface area is 108 Å². The third kappa shape index (κ3) is 3.20. The monoisotopic (exact) mass is 244 g/mol. The van der Waals surface area contributed by atoms with Crippen molar-refractivity contribution in [2.24, 2.45) is 0 Å². The van der Waals surface area contributed by atoms with Crippen molar-refractivity contribution >= 4 is 0 Å². The Morgan fingerprint density at radius 2 is 1.94 bits per heavy atom. The van der Waals surface area contributed by atoms with Gasteiger partial charge >= 0.3 is 0 Å². The van der Waals surface area contributed by atoms with Crippen molar-refractivity contribution in [3.05, 3.63) is 48.3 Å². The lowest BCUT2D eigenvalue weighted by atomic mass is 10.1. The topological polar surface area (TPSA) is 38.0 Å². The predicted molar refractivity (Wildman–Crippen MR) is 72.7 cm³/mol. The maximum absolute atomic E-state index is 10.0. The van der Waals surface area contributed by atoms with E-state index in [1.54, 1.807) is 4.68 Å². The van der Waals surface area contributed by atoms with Gasteiger partial charge in [0.15, 0.2) is 0 Å². The van der Waals surface area contributed by atoms with E-state index in [2.05, 4.69) is 12.0 Å². The summed E-state index contributed by atoms with van der Waals surface area (Å²) in [5, 5.41) is 14.5. The van der Waals surface area contributed by atoms with E-state index >= 15 is 0 Å². The lowest BCUT2D eigenvalue weighted by molar-refractivity contribution is 0.158. The van der Waals surface area contributed by atoms with Gasteiger partial charge < -0.3 is 5.11 Å². The zero-order chi connectivity index (χ0) is 12.8. The van der Waals surface area contributed by atoms with Gasteiger partial charge in [-0.05, 0) is 24.6 Å². The van der Waals surface area contributed by atoms with Gasteiger partial charge in [0.25, 0.3) is 0 Å². The highest BCUT2D eigenvalue weighted by molar-refractivity contribution is 5.30. The second kappa shape index (κ2) is 6.36. The highest BCUT2D eigenvalue weighted by atomic mass is 16.3. The summed E-state index contributed by atoms with van der Waals surface area (Å²) in [7, 11) is 0. The molecular weight excluding hydrogens is 224 g/mol. The normalized spacial score (nSPS) is 12.6. The maximum Gasteiger partial charge on any atom is 0.0978 e. The number of para-hydroxylation sites is 1. The minimum atomic E-state index is -0.443. The van der Waals surface area contributed by atoms with Gasteiger partial charge in [-0.15, -0.1) is 0 Å². The Morgan fingerprint density at radius 3 is 2.67 bits per heavy atom. The summed E-state index contributed by atoms with van der Waals surface area (Å²) >= 11 is 0. The molecule has 0 fully saturated rings. The van der Waals surface area contributed by atoms with Crippen molar-refractivity contribution < 1.29 is 5.11 Å². The van der Waals surface area contributed by atoms with Gasteiger partial charge in [0.2, 0.25) is 0 Å². The van der Waals surface area contributed by atoms with Crippen LogP contribution in [0.15, 0.2) is 42.6 Å². The Balaban J connectivity index is 2.02. The van der Waals surface area contributed by atoms with Crippen molar-refractivity contribution in [2.45, 2.75) is 38.7 Å². The molecule has 1 N–H and O–H groups in total. The SMILES string of the molecule is CCCCCC(O)c1ccn(-c2ccccc2)n1. The van der Waals surface area contributed by atoms with E-state index in [9.17, 15) is 5.11 Å². The molecule has 3 nitrogen and oxygen atoms in total. The fraction of sp³-hybridized carbons (Fsp3) is 0.400. The zero-order valence-electron chi connectivity index (χ0n) is 10.8. The number of unbranched alkanes of at least 4 members (excludes halogenated alkanes) is 2. The van der Waals surface area contributed by atoms with Crippen molar-refractivity contribution in [1.82, 2.24) is 9.78 Å². The quantitative estimate of drug-likeness (QED) is 0.790. The third-order valence-corrected chi connectivity index (χ3v) is 3.05. The average molecular weight is 244 g/mol. The van der Waals surface area contributed by atoms with Crippen LogP contribution in [0.4, 0.5) is 0 Å². The third-order valence-electron chi connectivity index (χ3n) is 3.05. The molecule has 0 radical (unpaired) electrons. The van der Waals surface area contributed by atoms with Crippen molar-refractivity contribution in [2.75, 3.05) is 0 Å². The second-order valence-electron chi connectivity index (χ2n) is 4.53. The van der Waals surface area contributed by atoms with Crippen molar-refractivity contribution in [3.8, 4) is 5.69 Å². The first-order valence-electron chi connectivity index (χ1n) is 6.60. The van der Waals surface area contributed by atoms with Gasteiger partial charge in [-0.1, -0.05) is 44.4 Å². The van der Waals surface area contributed by atoms with E-state index < -0.39 is 6.10 Å². The van der Waals surface area contributed by atoms with Gasteiger partial charge in [-0.25, -0.2) is 4.68 Å². The number of hydrogen-bond acceptors (Lipinski definition) is 2. The molecule has 0 bridgehead atoms. The minimum Gasteiger partial charge on any atom is -0.387 e. The molecule has 1 heterocycles. The number of benzene rings is 1. The van der Waals surface area contributed by atoms with Crippen LogP contribution in [-0.2, 0) is 0 Å². The van der Waals surface area contributed by atoms with Crippen molar-refractivity contribution in [3.63, 3.8) is 0 Å². The van der Waals surface area contributed by atoms with E-state index in [0.29, 0.717) is 0 Å². The lowest BCUT2D eigenvalue weighted by Gasteiger charge is -2.07. The Kier molecular flexibility index (Phi) is 4.53. The molecule has 96 valence electrons. The molecule has 18 heavy (non-hydrogen) atoms. The summed E-state index contributed by atoms with van der Waals surface area (Å²) in [6, 6.07) is 11.8. The Bertz CT molecular complexity index is 464. The highest BCUT2D eigenvalue weighted by Crippen LogP contribution is 2.18. The van der Waals surface area contributed by atoms with Crippen molar-refractivity contribution in [1.29, 1.82) is 0 Å². The summed E-state index contributed by atoms with van der Waals surface area (Å²) in [6.45, 7) is 2.16. The van der Waals surface area contributed by atoms with Crippen LogP contribution >= 0.6 is 0 Å². The number of nitrogens with zero attached hydrogens (tertiary/aromatic N) is 2. The fourth-order valence-corrected chi connectivity index (χ4v) is 1.98. The molecule has 0 amide bonds. The number of rotatable bonds is 6. The van der Waals surface area contributed by atoms with Crippen LogP contribution in [-0.4, -0.2) is 14.9 Å². The molecule has 0 saturated heterocycles. The summed E-state index contributed by atoms with van der Waals surface area (Å²) in [5.74, 6) is 0. The molecule has 0 saturated carbocycles. The molecule has 2 aromatic rings. The predicted octanol–water partition coefficient (Wildman–Crippen LogP) is 3.49. The standard InChI is InChI=1S/C15H20N2O/c1-2-3-5-10-15(18)14-11-12-17(16-14)13-8-6-4-7-9-13/h4,6-9,11-12,15,18H,2-3,5,10H2,1H3. The minimum absolute atomic E-state index is 0.443. The molecular formula is C15H20N2O. The number of aromatic nitrogens is 2. The van der Waals surface area contributed by atoms with Crippen LogP contribution in [0.5, 0.6) is 0 Å². The second-order valence-corrected chi connectivity index (χ2v) is 4.53. The largest absolute Gasteiger partial charge is 0.387 e. The summed E-state index contributed by atoms with van der Waals surface area (Å²) < 4.78 is 1.80. The van der Waals surface area contributed by atoms with E-state index in [1.165, 1.54) is 6.42 Å². The van der Waals surface area contributed by atoms with E-state index in [1.807, 2.05) is 42.6 Å². The number of aliphatic hydroxyl groups is 1.